The molecule has 0 saturated heterocycles. The molecule has 1 unspecified atom stereocenters. The van der Waals surface area contributed by atoms with Crippen molar-refractivity contribution in [3.63, 3.8) is 0 Å². The van der Waals surface area contributed by atoms with E-state index in [1.165, 1.54) is 0 Å². The van der Waals surface area contributed by atoms with Crippen LogP contribution in [0.4, 0.5) is 0 Å². The van der Waals surface area contributed by atoms with Gasteiger partial charge in [-0.15, -0.1) is 0 Å². The molecule has 0 radical (unpaired) electrons. The Hall–Kier alpha value is -4.33. The summed E-state index contributed by atoms with van der Waals surface area (Å²) in [6.45, 7) is 2.11. The number of nitrogens with one attached hydrogen (secondary N) is 1. The van der Waals surface area contributed by atoms with E-state index in [0.717, 1.165) is 5.56 Å². The first kappa shape index (κ1) is 25.3. The Morgan fingerprint density at radius 2 is 1.74 bits per heavy atom. The van der Waals surface area contributed by atoms with Gasteiger partial charge in [0.15, 0.2) is 0 Å². The Morgan fingerprint density at radius 3 is 2.49 bits per heavy atom. The molecule has 8 nitrogen and oxygen atoms in total. The van der Waals surface area contributed by atoms with Crippen molar-refractivity contribution in [2.75, 3.05) is 13.7 Å². The van der Waals surface area contributed by atoms with Crippen molar-refractivity contribution in [2.45, 2.75) is 26.0 Å². The molecule has 8 heteroatoms. The van der Waals surface area contributed by atoms with Gasteiger partial charge in [0, 0.05) is 5.56 Å². The Labute approximate surface area is 204 Å². The quantitative estimate of drug-likeness (QED) is 0.407. The second-order valence-electron chi connectivity index (χ2n) is 7.66. The Balaban J connectivity index is 1.76. The predicted octanol–water partition coefficient (Wildman–Crippen LogP) is 3.80. The molecule has 0 saturated carbocycles. The van der Waals surface area contributed by atoms with Crippen LogP contribution in [0.2, 0.25) is 0 Å². The van der Waals surface area contributed by atoms with Crippen molar-refractivity contribution in [1.29, 1.82) is 0 Å². The fraction of sp³-hybridized carbons (Fsp3) is 0.222. The molecule has 0 fully saturated rings. The zero-order valence-electron chi connectivity index (χ0n) is 19.7. The zero-order chi connectivity index (χ0) is 25.2. The second kappa shape index (κ2) is 12.2. The number of carbonyl (C=O) groups excluding carboxylic acids is 3. The van der Waals surface area contributed by atoms with Crippen molar-refractivity contribution in [3.05, 3.63) is 95.1 Å². The van der Waals surface area contributed by atoms with Gasteiger partial charge in [-0.25, -0.2) is 0 Å². The summed E-state index contributed by atoms with van der Waals surface area (Å²) < 4.78 is 16.1. The van der Waals surface area contributed by atoms with Crippen molar-refractivity contribution in [2.24, 2.45) is 5.73 Å². The molecule has 2 amide bonds. The zero-order valence-corrected chi connectivity index (χ0v) is 19.7. The molecule has 0 aliphatic rings. The third-order valence-corrected chi connectivity index (χ3v) is 5.21. The van der Waals surface area contributed by atoms with E-state index in [4.69, 9.17) is 19.9 Å². The van der Waals surface area contributed by atoms with Gasteiger partial charge < -0.3 is 25.3 Å². The van der Waals surface area contributed by atoms with Crippen LogP contribution in [0.3, 0.4) is 0 Å². The molecule has 3 rings (SSSR count). The first-order chi connectivity index (χ1) is 16.9. The summed E-state index contributed by atoms with van der Waals surface area (Å²) in [6, 6.07) is 20.1. The van der Waals surface area contributed by atoms with E-state index >= 15 is 0 Å². The number of ether oxygens (including phenoxy) is 3. The number of rotatable bonds is 11. The molecule has 3 aromatic carbocycles. The molecule has 0 aliphatic carbocycles. The minimum absolute atomic E-state index is 0.0283. The van der Waals surface area contributed by atoms with E-state index in [1.54, 1.807) is 74.7 Å². The molecule has 1 atom stereocenters. The van der Waals surface area contributed by atoms with Gasteiger partial charge in [-0.1, -0.05) is 36.4 Å². The van der Waals surface area contributed by atoms with E-state index in [2.05, 4.69) is 5.32 Å². The average molecular weight is 477 g/mol. The van der Waals surface area contributed by atoms with Gasteiger partial charge in [-0.05, 0) is 54.4 Å². The van der Waals surface area contributed by atoms with E-state index in [9.17, 15) is 14.4 Å². The monoisotopic (exact) mass is 476 g/mol. The van der Waals surface area contributed by atoms with Crippen LogP contribution in [-0.4, -0.2) is 31.5 Å². The van der Waals surface area contributed by atoms with Crippen LogP contribution in [0.5, 0.6) is 11.5 Å². The van der Waals surface area contributed by atoms with Crippen LogP contribution in [-0.2, 0) is 16.1 Å². The van der Waals surface area contributed by atoms with Gasteiger partial charge >= 0.3 is 5.97 Å². The summed E-state index contributed by atoms with van der Waals surface area (Å²) in [5, 5.41) is 2.92. The maximum atomic E-state index is 13.1. The molecule has 0 aliphatic heterocycles. The largest absolute Gasteiger partial charge is 0.497 e. The van der Waals surface area contributed by atoms with Gasteiger partial charge in [0.25, 0.3) is 11.8 Å². The van der Waals surface area contributed by atoms with Crippen molar-refractivity contribution < 1.29 is 28.6 Å². The van der Waals surface area contributed by atoms with Crippen LogP contribution in [0.25, 0.3) is 0 Å². The summed E-state index contributed by atoms with van der Waals surface area (Å²) >= 11 is 0. The summed E-state index contributed by atoms with van der Waals surface area (Å²) in [7, 11) is 1.55. The lowest BCUT2D eigenvalue weighted by Gasteiger charge is -2.19. The first-order valence-electron chi connectivity index (χ1n) is 11.1. The number of primary amides is 1. The van der Waals surface area contributed by atoms with Crippen LogP contribution in [0.15, 0.2) is 72.8 Å². The van der Waals surface area contributed by atoms with E-state index in [0.29, 0.717) is 22.6 Å². The number of methoxy groups -OCH3 is 1. The van der Waals surface area contributed by atoms with Gasteiger partial charge in [0.05, 0.1) is 31.7 Å². The van der Waals surface area contributed by atoms with Gasteiger partial charge in [-0.2, -0.15) is 0 Å². The van der Waals surface area contributed by atoms with Gasteiger partial charge in [0.1, 0.15) is 18.1 Å². The van der Waals surface area contributed by atoms with Gasteiger partial charge in [-0.3, -0.25) is 14.4 Å². The molecule has 0 spiro atoms. The molecule has 3 N–H and O–H groups in total. The normalized spacial score (nSPS) is 11.3. The van der Waals surface area contributed by atoms with Crippen LogP contribution in [0, 0.1) is 0 Å². The Bertz CT molecular complexity index is 1190. The summed E-state index contributed by atoms with van der Waals surface area (Å²) in [5.74, 6) is -0.389. The first-order valence-corrected chi connectivity index (χ1v) is 11.1. The maximum absolute atomic E-state index is 13.1. The number of esters is 1. The number of para-hydroxylation sites is 1. The molecular formula is C27H28N2O6. The lowest BCUT2D eigenvalue weighted by molar-refractivity contribution is -0.143. The fourth-order valence-electron chi connectivity index (χ4n) is 3.50. The third kappa shape index (κ3) is 7.07. The van der Waals surface area contributed by atoms with Crippen LogP contribution < -0.4 is 20.5 Å². The molecular weight excluding hydrogens is 448 g/mol. The smallest absolute Gasteiger partial charge is 0.308 e. The highest BCUT2D eigenvalue weighted by Crippen LogP contribution is 2.23. The summed E-state index contributed by atoms with van der Waals surface area (Å²) in [6.07, 6.45) is -0.0283. The van der Waals surface area contributed by atoms with Crippen molar-refractivity contribution in [3.8, 4) is 11.5 Å². The predicted molar refractivity (Wildman–Crippen MR) is 130 cm³/mol. The minimum atomic E-state index is -0.612. The number of benzene rings is 3. The molecule has 0 bridgehead atoms. The summed E-state index contributed by atoms with van der Waals surface area (Å²) in [4.78, 5) is 36.9. The third-order valence-electron chi connectivity index (χ3n) is 5.21. The number of hydrogen-bond acceptors (Lipinski definition) is 6. The highest BCUT2D eigenvalue weighted by Gasteiger charge is 2.21. The Kier molecular flexibility index (Phi) is 8.83. The Morgan fingerprint density at radius 1 is 0.971 bits per heavy atom. The minimum Gasteiger partial charge on any atom is -0.497 e. The topological polar surface area (TPSA) is 117 Å². The molecule has 0 aromatic heterocycles. The lowest BCUT2D eigenvalue weighted by Crippen LogP contribution is -2.30. The number of nitrogens with two attached hydrogens (primary N) is 1. The standard InChI is InChI=1S/C27H28N2O6/c1-3-34-25(30)16-23(19-9-7-11-21(15-19)33-2)29-27(32)20-10-6-8-18(14-20)17-35-24-13-5-4-12-22(24)26(28)31/h4-15,23H,3,16-17H2,1-2H3,(H2,28,31)(H,29,32). The van der Waals surface area contributed by atoms with Crippen molar-refractivity contribution >= 4 is 17.8 Å². The van der Waals surface area contributed by atoms with Gasteiger partial charge in [0.2, 0.25) is 0 Å². The molecule has 0 heterocycles. The number of carbonyl (C=O) groups is 3. The molecule has 35 heavy (non-hydrogen) atoms. The fourth-order valence-corrected chi connectivity index (χ4v) is 3.50. The number of amides is 2. The van der Waals surface area contributed by atoms with E-state index in [-0.39, 0.29) is 31.1 Å². The van der Waals surface area contributed by atoms with E-state index in [1.807, 2.05) is 12.1 Å². The van der Waals surface area contributed by atoms with Crippen molar-refractivity contribution in [1.82, 2.24) is 5.32 Å². The lowest BCUT2D eigenvalue weighted by atomic mass is 10.0. The number of hydrogen-bond donors (Lipinski definition) is 2. The highest BCUT2D eigenvalue weighted by atomic mass is 16.5. The second-order valence-corrected chi connectivity index (χ2v) is 7.66. The average Bonchev–Trinajstić information content (AvgIpc) is 2.87. The SMILES string of the molecule is CCOC(=O)CC(NC(=O)c1cccc(COc2ccccc2C(N)=O)c1)c1cccc(OC)c1. The molecule has 182 valence electrons. The van der Waals surface area contributed by atoms with E-state index < -0.39 is 17.9 Å². The summed E-state index contributed by atoms with van der Waals surface area (Å²) in [5.41, 5.74) is 7.51. The van der Waals surface area contributed by atoms with Crippen LogP contribution >= 0.6 is 0 Å². The maximum Gasteiger partial charge on any atom is 0.308 e. The highest BCUT2D eigenvalue weighted by molar-refractivity contribution is 5.96. The van der Waals surface area contributed by atoms with Crippen LogP contribution in [0.1, 0.15) is 51.2 Å². The molecule has 3 aromatic rings.